The normalized spacial score (nSPS) is 19.1. The zero-order valence-electron chi connectivity index (χ0n) is 8.76. The van der Waals surface area contributed by atoms with Gasteiger partial charge in [0.05, 0.1) is 13.2 Å². The number of epoxide rings is 1. The summed E-state index contributed by atoms with van der Waals surface area (Å²) in [6, 6.07) is 0. The van der Waals surface area contributed by atoms with Gasteiger partial charge >= 0.3 is 0 Å². The van der Waals surface area contributed by atoms with Crippen molar-refractivity contribution in [3.63, 3.8) is 0 Å². The largest absolute Gasteiger partial charge is 0.379 e. The van der Waals surface area contributed by atoms with Gasteiger partial charge in [0.25, 0.3) is 0 Å². The Kier molecular flexibility index (Phi) is 9.78. The van der Waals surface area contributed by atoms with Crippen molar-refractivity contribution in [2.24, 2.45) is 0 Å². The van der Waals surface area contributed by atoms with Crippen molar-refractivity contribution < 1.29 is 9.47 Å². The first-order valence-corrected chi connectivity index (χ1v) is 5.63. The Morgan fingerprint density at radius 1 is 1.14 bits per heavy atom. The van der Waals surface area contributed by atoms with E-state index in [0.29, 0.717) is 6.10 Å². The number of unbranched alkanes of at least 4 members (excludes halogenated alkanes) is 5. The van der Waals surface area contributed by atoms with Crippen LogP contribution in [0.1, 0.15) is 45.4 Å². The van der Waals surface area contributed by atoms with E-state index in [0.717, 1.165) is 19.8 Å². The molecule has 0 aliphatic carbocycles. The van der Waals surface area contributed by atoms with Crippen LogP contribution in [0.15, 0.2) is 0 Å². The first-order valence-electron chi connectivity index (χ1n) is 5.63. The number of hydrogen-bond acceptors (Lipinski definition) is 2. The van der Waals surface area contributed by atoms with E-state index < -0.39 is 0 Å². The van der Waals surface area contributed by atoms with Crippen molar-refractivity contribution in [2.75, 3.05) is 19.8 Å². The molecule has 1 atom stereocenters. The monoisotopic (exact) mass is 218 g/mol. The molecule has 1 aliphatic rings. The summed E-state index contributed by atoms with van der Waals surface area (Å²) in [7, 11) is 0. The maximum Gasteiger partial charge on any atom is 0.104 e. The van der Waals surface area contributed by atoms with Crippen molar-refractivity contribution in [1.29, 1.82) is 0 Å². The van der Waals surface area contributed by atoms with Gasteiger partial charge in [0, 0.05) is 6.61 Å². The predicted molar refractivity (Wildman–Crippen MR) is 65.3 cm³/mol. The fraction of sp³-hybridized carbons (Fsp3) is 1.00. The molecule has 1 aliphatic heterocycles. The number of hydrogen-bond donors (Lipinski definition) is 0. The third-order valence-electron chi connectivity index (χ3n) is 2.35. The second-order valence-electron chi connectivity index (χ2n) is 3.80. The van der Waals surface area contributed by atoms with Gasteiger partial charge in [0.2, 0.25) is 0 Å². The molecular weight excluding hydrogens is 192 g/mol. The second-order valence-corrected chi connectivity index (χ2v) is 3.80. The van der Waals surface area contributed by atoms with Crippen LogP contribution in [0.3, 0.4) is 0 Å². The van der Waals surface area contributed by atoms with Crippen LogP contribution in [0, 0.1) is 0 Å². The van der Waals surface area contributed by atoms with Gasteiger partial charge in [0.1, 0.15) is 6.10 Å². The maximum absolute atomic E-state index is 5.44. The summed E-state index contributed by atoms with van der Waals surface area (Å²) in [6.07, 6.45) is 8.45. The van der Waals surface area contributed by atoms with Gasteiger partial charge < -0.3 is 9.47 Å². The van der Waals surface area contributed by atoms with Crippen LogP contribution in [0.4, 0.5) is 0 Å². The summed E-state index contributed by atoms with van der Waals surface area (Å²) >= 11 is 0. The molecule has 0 amide bonds. The van der Waals surface area contributed by atoms with Crippen molar-refractivity contribution in [1.82, 2.24) is 0 Å². The fourth-order valence-electron chi connectivity index (χ4n) is 1.36. The minimum absolute atomic E-state index is 0. The van der Waals surface area contributed by atoms with E-state index in [4.69, 9.17) is 9.47 Å². The lowest BCUT2D eigenvalue weighted by Crippen LogP contribution is -2.02. The van der Waals surface area contributed by atoms with Gasteiger partial charge in [-0.25, -0.2) is 0 Å². The van der Waals surface area contributed by atoms with Crippen molar-refractivity contribution in [3.05, 3.63) is 0 Å². The Balaban J connectivity index is 0.00000169. The molecule has 14 heavy (non-hydrogen) atoms. The standard InChI is InChI=1S/C11H22O2.H4Si/c1-2-3-4-5-6-7-8-12-9-11-10-13-11;/h11H,2-10H2,1H3;1H4. The Morgan fingerprint density at radius 3 is 2.43 bits per heavy atom. The van der Waals surface area contributed by atoms with Gasteiger partial charge in [-0.05, 0) is 17.4 Å². The molecule has 0 bridgehead atoms. The van der Waals surface area contributed by atoms with Crippen LogP contribution in [0.2, 0.25) is 0 Å². The third-order valence-corrected chi connectivity index (χ3v) is 2.35. The SMILES string of the molecule is CCCCCCCCOCC1CO1.[SiH4]. The third kappa shape index (κ3) is 8.72. The number of ether oxygens (including phenoxy) is 2. The summed E-state index contributed by atoms with van der Waals surface area (Å²) in [5, 5.41) is 0. The molecule has 1 saturated heterocycles. The van der Waals surface area contributed by atoms with Crippen LogP contribution in [0.25, 0.3) is 0 Å². The zero-order valence-corrected chi connectivity index (χ0v) is 8.76. The van der Waals surface area contributed by atoms with E-state index >= 15 is 0 Å². The molecule has 0 spiro atoms. The molecule has 3 heteroatoms. The lowest BCUT2D eigenvalue weighted by atomic mass is 10.1. The molecule has 0 aromatic heterocycles. The lowest BCUT2D eigenvalue weighted by Gasteiger charge is -2.01. The Morgan fingerprint density at radius 2 is 1.79 bits per heavy atom. The molecule has 1 rings (SSSR count). The molecular formula is C11H26O2Si. The molecule has 0 N–H and O–H groups in total. The topological polar surface area (TPSA) is 21.8 Å². The summed E-state index contributed by atoms with van der Waals surface area (Å²) in [4.78, 5) is 0. The van der Waals surface area contributed by atoms with E-state index in [1.54, 1.807) is 0 Å². The zero-order chi connectivity index (χ0) is 9.36. The van der Waals surface area contributed by atoms with Gasteiger partial charge in [-0.15, -0.1) is 0 Å². The van der Waals surface area contributed by atoms with E-state index in [1.807, 2.05) is 0 Å². The summed E-state index contributed by atoms with van der Waals surface area (Å²) in [5.41, 5.74) is 0. The Bertz CT molecular complexity index is 116. The summed E-state index contributed by atoms with van der Waals surface area (Å²) < 4.78 is 10.5. The minimum Gasteiger partial charge on any atom is -0.379 e. The minimum atomic E-state index is 0. The molecule has 0 aromatic carbocycles. The smallest absolute Gasteiger partial charge is 0.104 e. The molecule has 1 unspecified atom stereocenters. The van der Waals surface area contributed by atoms with E-state index in [9.17, 15) is 0 Å². The molecule has 1 fully saturated rings. The lowest BCUT2D eigenvalue weighted by molar-refractivity contribution is 0.113. The van der Waals surface area contributed by atoms with Crippen LogP contribution in [-0.2, 0) is 9.47 Å². The predicted octanol–water partition coefficient (Wildman–Crippen LogP) is 1.31. The van der Waals surface area contributed by atoms with E-state index in [1.165, 1.54) is 38.5 Å². The summed E-state index contributed by atoms with van der Waals surface area (Å²) in [5.74, 6) is 0. The van der Waals surface area contributed by atoms with Crippen LogP contribution >= 0.6 is 0 Å². The van der Waals surface area contributed by atoms with Gasteiger partial charge in [-0.1, -0.05) is 39.0 Å². The fourth-order valence-corrected chi connectivity index (χ4v) is 1.36. The average molecular weight is 218 g/mol. The summed E-state index contributed by atoms with van der Waals surface area (Å²) in [6.45, 7) is 4.90. The highest BCUT2D eigenvalue weighted by Crippen LogP contribution is 2.09. The first-order chi connectivity index (χ1) is 6.43. The van der Waals surface area contributed by atoms with Crippen LogP contribution in [0.5, 0.6) is 0 Å². The van der Waals surface area contributed by atoms with E-state index in [-0.39, 0.29) is 11.0 Å². The maximum atomic E-state index is 5.44. The Labute approximate surface area is 92.4 Å². The highest BCUT2D eigenvalue weighted by atomic mass is 28.1. The van der Waals surface area contributed by atoms with Crippen molar-refractivity contribution >= 4 is 11.0 Å². The Hall–Kier alpha value is 0.137. The molecule has 0 radical (unpaired) electrons. The van der Waals surface area contributed by atoms with Crippen molar-refractivity contribution in [3.8, 4) is 0 Å². The highest BCUT2D eigenvalue weighted by Gasteiger charge is 2.21. The average Bonchev–Trinajstić information content (AvgIpc) is 2.93. The van der Waals surface area contributed by atoms with Gasteiger partial charge in [0.15, 0.2) is 0 Å². The van der Waals surface area contributed by atoms with Gasteiger partial charge in [-0.3, -0.25) is 0 Å². The van der Waals surface area contributed by atoms with Gasteiger partial charge in [-0.2, -0.15) is 0 Å². The molecule has 2 nitrogen and oxygen atoms in total. The highest BCUT2D eigenvalue weighted by molar-refractivity contribution is 5.75. The van der Waals surface area contributed by atoms with Crippen molar-refractivity contribution in [2.45, 2.75) is 51.6 Å². The molecule has 0 saturated carbocycles. The van der Waals surface area contributed by atoms with Crippen LogP contribution in [-0.4, -0.2) is 36.9 Å². The molecule has 1 heterocycles. The second kappa shape index (κ2) is 9.68. The molecule has 86 valence electrons. The number of rotatable bonds is 9. The van der Waals surface area contributed by atoms with E-state index in [2.05, 4.69) is 6.92 Å². The first kappa shape index (κ1) is 14.1. The quantitative estimate of drug-likeness (QED) is 0.331. The van der Waals surface area contributed by atoms with Crippen LogP contribution < -0.4 is 0 Å². The molecule has 0 aromatic rings.